The SMILES string of the molecule is CCOc1cc(C2CCNCC2)ccc1N(CC(=O)O)C(=O)C(F)(F)F. The van der Waals surface area contributed by atoms with Gasteiger partial charge in [-0.2, -0.15) is 13.2 Å². The number of rotatable bonds is 6. The Kier molecular flexibility index (Phi) is 6.47. The lowest BCUT2D eigenvalue weighted by atomic mass is 9.90. The summed E-state index contributed by atoms with van der Waals surface area (Å²) in [6.45, 7) is 2.41. The number of carboxylic acids is 1. The Morgan fingerprint density at radius 1 is 1.31 bits per heavy atom. The average Bonchev–Trinajstić information content (AvgIpc) is 2.59. The molecule has 0 atom stereocenters. The number of carbonyl (C=O) groups is 2. The summed E-state index contributed by atoms with van der Waals surface area (Å²) in [6, 6.07) is 4.56. The van der Waals surface area contributed by atoms with E-state index < -0.39 is 24.6 Å². The normalized spacial score (nSPS) is 15.5. The summed E-state index contributed by atoms with van der Waals surface area (Å²) in [4.78, 5) is 22.9. The second-order valence-electron chi connectivity index (χ2n) is 5.97. The summed E-state index contributed by atoms with van der Waals surface area (Å²) >= 11 is 0. The van der Waals surface area contributed by atoms with E-state index in [9.17, 15) is 22.8 Å². The Labute approximate surface area is 148 Å². The first-order chi connectivity index (χ1) is 12.2. The van der Waals surface area contributed by atoms with E-state index in [0.717, 1.165) is 31.5 Å². The monoisotopic (exact) mass is 374 g/mol. The molecule has 0 aliphatic carbocycles. The van der Waals surface area contributed by atoms with Gasteiger partial charge in [0.05, 0.1) is 12.3 Å². The van der Waals surface area contributed by atoms with Crippen LogP contribution in [0.25, 0.3) is 0 Å². The third-order valence-electron chi connectivity index (χ3n) is 4.17. The zero-order chi connectivity index (χ0) is 19.3. The first-order valence-corrected chi connectivity index (χ1v) is 8.32. The molecule has 0 unspecified atom stereocenters. The number of halogens is 3. The molecule has 26 heavy (non-hydrogen) atoms. The van der Waals surface area contributed by atoms with Crippen molar-refractivity contribution in [1.29, 1.82) is 0 Å². The quantitative estimate of drug-likeness (QED) is 0.800. The number of carbonyl (C=O) groups excluding carboxylic acids is 1. The highest BCUT2D eigenvalue weighted by Crippen LogP contribution is 2.36. The molecule has 144 valence electrons. The van der Waals surface area contributed by atoms with Gasteiger partial charge in [-0.1, -0.05) is 6.07 Å². The predicted octanol–water partition coefficient (Wildman–Crippen LogP) is 2.53. The van der Waals surface area contributed by atoms with Gasteiger partial charge in [0.1, 0.15) is 12.3 Å². The van der Waals surface area contributed by atoms with Gasteiger partial charge in [-0.3, -0.25) is 14.5 Å². The van der Waals surface area contributed by atoms with Crippen molar-refractivity contribution >= 4 is 17.6 Å². The molecule has 0 bridgehead atoms. The minimum atomic E-state index is -5.19. The van der Waals surface area contributed by atoms with Crippen molar-refractivity contribution in [2.75, 3.05) is 31.1 Å². The number of hydrogen-bond donors (Lipinski definition) is 2. The molecule has 1 fully saturated rings. The molecule has 2 rings (SSSR count). The van der Waals surface area contributed by atoms with Crippen LogP contribution >= 0.6 is 0 Å². The topological polar surface area (TPSA) is 78.9 Å². The lowest BCUT2D eigenvalue weighted by Gasteiger charge is -2.27. The third-order valence-corrected chi connectivity index (χ3v) is 4.17. The second-order valence-corrected chi connectivity index (χ2v) is 5.97. The zero-order valence-electron chi connectivity index (χ0n) is 14.3. The highest BCUT2D eigenvalue weighted by atomic mass is 19.4. The van der Waals surface area contributed by atoms with Crippen LogP contribution in [0.1, 0.15) is 31.2 Å². The minimum absolute atomic E-state index is 0.0717. The van der Waals surface area contributed by atoms with Crippen molar-refractivity contribution in [2.24, 2.45) is 0 Å². The molecule has 1 aliphatic rings. The van der Waals surface area contributed by atoms with E-state index in [4.69, 9.17) is 9.84 Å². The van der Waals surface area contributed by atoms with Crippen molar-refractivity contribution in [2.45, 2.75) is 31.9 Å². The van der Waals surface area contributed by atoms with Crippen molar-refractivity contribution in [3.8, 4) is 5.75 Å². The molecule has 1 aromatic rings. The Balaban J connectivity index is 2.42. The number of nitrogens with zero attached hydrogens (tertiary/aromatic N) is 1. The first kappa shape index (κ1) is 20.0. The summed E-state index contributed by atoms with van der Waals surface area (Å²) < 4.78 is 44.1. The van der Waals surface area contributed by atoms with E-state index in [0.29, 0.717) is 0 Å². The summed E-state index contributed by atoms with van der Waals surface area (Å²) in [7, 11) is 0. The molecule has 9 heteroatoms. The maximum absolute atomic E-state index is 12.9. The predicted molar refractivity (Wildman–Crippen MR) is 88.5 cm³/mol. The van der Waals surface area contributed by atoms with Crippen LogP contribution in [0.3, 0.4) is 0 Å². The van der Waals surface area contributed by atoms with Gasteiger partial charge in [-0.15, -0.1) is 0 Å². The van der Waals surface area contributed by atoms with Crippen LogP contribution in [0.4, 0.5) is 18.9 Å². The van der Waals surface area contributed by atoms with E-state index in [-0.39, 0.29) is 28.9 Å². The van der Waals surface area contributed by atoms with Crippen molar-refractivity contribution < 1.29 is 32.6 Å². The fraction of sp³-hybridized carbons (Fsp3) is 0.529. The lowest BCUT2D eigenvalue weighted by Crippen LogP contribution is -2.44. The largest absolute Gasteiger partial charge is 0.492 e. The lowest BCUT2D eigenvalue weighted by molar-refractivity contribution is -0.171. The zero-order valence-corrected chi connectivity index (χ0v) is 14.3. The van der Waals surface area contributed by atoms with Gasteiger partial charge in [-0.25, -0.2) is 0 Å². The smallest absolute Gasteiger partial charge is 0.471 e. The molecule has 0 aromatic heterocycles. The van der Waals surface area contributed by atoms with Gasteiger partial charge in [0.15, 0.2) is 0 Å². The number of benzene rings is 1. The van der Waals surface area contributed by atoms with Crippen molar-refractivity contribution in [3.05, 3.63) is 23.8 Å². The third kappa shape index (κ3) is 4.87. The van der Waals surface area contributed by atoms with E-state index in [2.05, 4.69) is 5.32 Å². The van der Waals surface area contributed by atoms with Crippen molar-refractivity contribution in [1.82, 2.24) is 5.32 Å². The molecular weight excluding hydrogens is 353 g/mol. The Hall–Kier alpha value is -2.29. The van der Waals surface area contributed by atoms with Gasteiger partial charge >= 0.3 is 18.1 Å². The van der Waals surface area contributed by atoms with E-state index in [1.165, 1.54) is 6.07 Å². The maximum Gasteiger partial charge on any atom is 0.471 e. The highest BCUT2D eigenvalue weighted by Gasteiger charge is 2.44. The van der Waals surface area contributed by atoms with Crippen LogP contribution in [0.5, 0.6) is 5.75 Å². The molecule has 1 aliphatic heterocycles. The molecular formula is C17H21F3N2O4. The van der Waals surface area contributed by atoms with Crippen LogP contribution < -0.4 is 15.0 Å². The van der Waals surface area contributed by atoms with Gasteiger partial charge in [0, 0.05) is 0 Å². The molecule has 2 N–H and O–H groups in total. The number of alkyl halides is 3. The molecule has 1 amide bonds. The number of carboxylic acid groups (broad SMARTS) is 1. The van der Waals surface area contributed by atoms with Gasteiger partial charge in [-0.05, 0) is 56.5 Å². The fourth-order valence-corrected chi connectivity index (χ4v) is 2.99. The fourth-order valence-electron chi connectivity index (χ4n) is 2.99. The number of aliphatic carboxylic acids is 1. The molecule has 0 radical (unpaired) electrons. The second kappa shape index (κ2) is 8.39. The average molecular weight is 374 g/mol. The van der Waals surface area contributed by atoms with E-state index >= 15 is 0 Å². The first-order valence-electron chi connectivity index (χ1n) is 8.32. The molecule has 1 saturated heterocycles. The summed E-state index contributed by atoms with van der Waals surface area (Å²) in [6.07, 6.45) is -3.43. The van der Waals surface area contributed by atoms with Crippen molar-refractivity contribution in [3.63, 3.8) is 0 Å². The van der Waals surface area contributed by atoms with Crippen LogP contribution in [0.2, 0.25) is 0 Å². The molecule has 6 nitrogen and oxygen atoms in total. The number of hydrogen-bond acceptors (Lipinski definition) is 4. The van der Waals surface area contributed by atoms with Crippen LogP contribution in [-0.2, 0) is 9.59 Å². The number of anilines is 1. The summed E-state index contributed by atoms with van der Waals surface area (Å²) in [5.74, 6) is -3.49. The van der Waals surface area contributed by atoms with Crippen LogP contribution in [-0.4, -0.2) is 49.4 Å². The van der Waals surface area contributed by atoms with E-state index in [1.807, 2.05) is 0 Å². The standard InChI is InChI=1S/C17H21F3N2O4/c1-2-26-14-9-12(11-5-7-21-8-6-11)3-4-13(14)22(10-15(23)24)16(25)17(18,19)20/h3-4,9,11,21H,2,5-8,10H2,1H3,(H,23,24). The van der Waals surface area contributed by atoms with Gasteiger partial charge in [0.25, 0.3) is 0 Å². The van der Waals surface area contributed by atoms with Crippen LogP contribution in [0, 0.1) is 0 Å². The highest BCUT2D eigenvalue weighted by molar-refractivity contribution is 6.01. The molecule has 1 aromatic carbocycles. The number of nitrogens with one attached hydrogen (secondary N) is 1. The minimum Gasteiger partial charge on any atom is -0.492 e. The number of piperidine rings is 1. The molecule has 1 heterocycles. The number of amides is 1. The van der Waals surface area contributed by atoms with Crippen LogP contribution in [0.15, 0.2) is 18.2 Å². The Morgan fingerprint density at radius 2 is 1.96 bits per heavy atom. The summed E-state index contributed by atoms with van der Waals surface area (Å²) in [5, 5.41) is 12.2. The Morgan fingerprint density at radius 3 is 2.50 bits per heavy atom. The number of ether oxygens (including phenoxy) is 1. The van der Waals surface area contributed by atoms with Gasteiger partial charge in [0.2, 0.25) is 0 Å². The Bertz CT molecular complexity index is 658. The maximum atomic E-state index is 12.9. The molecule has 0 saturated carbocycles. The van der Waals surface area contributed by atoms with Gasteiger partial charge < -0.3 is 15.2 Å². The van der Waals surface area contributed by atoms with E-state index in [1.54, 1.807) is 19.1 Å². The molecule has 0 spiro atoms. The summed E-state index contributed by atoms with van der Waals surface area (Å²) in [5.41, 5.74) is 0.697.